The van der Waals surface area contributed by atoms with Crippen LogP contribution in [0.4, 0.5) is 25.7 Å². The van der Waals surface area contributed by atoms with Crippen molar-refractivity contribution in [3.05, 3.63) is 83.0 Å². The zero-order chi connectivity index (χ0) is 24.6. The van der Waals surface area contributed by atoms with E-state index in [2.05, 4.69) is 20.3 Å². The van der Waals surface area contributed by atoms with Gasteiger partial charge in [-0.25, -0.2) is 17.8 Å². The Hall–Kier alpha value is -3.74. The number of para-hydroxylation sites is 1. The number of hydrogen-bond donors (Lipinski definition) is 3. The highest BCUT2D eigenvalue weighted by atomic mass is 32.2. The number of thiazole rings is 1. The second-order valence-corrected chi connectivity index (χ2v) is 11.0. The van der Waals surface area contributed by atoms with E-state index in [0.29, 0.717) is 21.5 Å². The predicted molar refractivity (Wildman–Crippen MR) is 136 cm³/mol. The average Bonchev–Trinajstić information content (AvgIpc) is 3.38. The number of imide groups is 1. The molecule has 1 saturated heterocycles. The number of fused-ring (bicyclic) bond motifs is 1. The molecule has 3 N–H and O–H groups in total. The average molecular weight is 527 g/mol. The number of halogens is 1. The molecule has 1 aliphatic rings. The maximum Gasteiger partial charge on any atom is 0.290 e. The lowest BCUT2D eigenvalue weighted by molar-refractivity contribution is -0.115. The van der Waals surface area contributed by atoms with Crippen LogP contribution in [0.5, 0.6) is 0 Å². The molecule has 0 bridgehead atoms. The smallest absolute Gasteiger partial charge is 0.290 e. The zero-order valence-electron chi connectivity index (χ0n) is 17.6. The van der Waals surface area contributed by atoms with Gasteiger partial charge in [0.2, 0.25) is 0 Å². The maximum absolute atomic E-state index is 14.6. The number of amides is 2. The lowest BCUT2D eigenvalue weighted by atomic mass is 10.2. The highest BCUT2D eigenvalue weighted by molar-refractivity contribution is 8.18. The summed E-state index contributed by atoms with van der Waals surface area (Å²) in [5, 5.41) is 4.82. The minimum Gasteiger partial charge on any atom is -0.352 e. The van der Waals surface area contributed by atoms with Gasteiger partial charge in [-0.3, -0.25) is 19.6 Å². The summed E-state index contributed by atoms with van der Waals surface area (Å²) in [7, 11) is -3.98. The van der Waals surface area contributed by atoms with Gasteiger partial charge in [0, 0.05) is 5.69 Å². The van der Waals surface area contributed by atoms with Gasteiger partial charge in [-0.2, -0.15) is 0 Å². The number of aromatic nitrogens is 1. The molecule has 1 aromatic heterocycles. The molecule has 0 aliphatic carbocycles. The molecule has 0 saturated carbocycles. The molecular formula is C23H15FN4O4S3. The Morgan fingerprint density at radius 2 is 1.71 bits per heavy atom. The summed E-state index contributed by atoms with van der Waals surface area (Å²) in [4.78, 5) is 27.5. The second-order valence-electron chi connectivity index (χ2n) is 7.31. The third-order valence-corrected chi connectivity index (χ3v) is 8.20. The van der Waals surface area contributed by atoms with Gasteiger partial charge in [-0.1, -0.05) is 41.7 Å². The molecule has 0 spiro atoms. The number of hydrogen-bond acceptors (Lipinski definition) is 8. The zero-order valence-corrected chi connectivity index (χ0v) is 20.1. The number of nitrogens with one attached hydrogen (secondary N) is 3. The monoisotopic (exact) mass is 526 g/mol. The highest BCUT2D eigenvalue weighted by Crippen LogP contribution is 2.36. The minimum atomic E-state index is -3.98. The van der Waals surface area contributed by atoms with Crippen LogP contribution in [-0.4, -0.2) is 24.5 Å². The van der Waals surface area contributed by atoms with E-state index >= 15 is 0 Å². The Balaban J connectivity index is 1.39. The van der Waals surface area contributed by atoms with Gasteiger partial charge in [0.1, 0.15) is 5.82 Å². The Bertz CT molecular complexity index is 1600. The fourth-order valence-electron chi connectivity index (χ4n) is 3.28. The molecule has 5 rings (SSSR count). The predicted octanol–water partition coefficient (Wildman–Crippen LogP) is 5.30. The van der Waals surface area contributed by atoms with Crippen molar-refractivity contribution in [3.8, 4) is 0 Å². The number of carbonyl (C=O) groups is 2. The Morgan fingerprint density at radius 3 is 2.40 bits per heavy atom. The third-order valence-electron chi connectivity index (χ3n) is 4.90. The molecule has 1 fully saturated rings. The summed E-state index contributed by atoms with van der Waals surface area (Å²) < 4.78 is 43.3. The summed E-state index contributed by atoms with van der Waals surface area (Å²) in [6.07, 6.45) is 1.50. The Morgan fingerprint density at radius 1 is 0.971 bits per heavy atom. The van der Waals surface area contributed by atoms with E-state index in [-0.39, 0.29) is 20.6 Å². The van der Waals surface area contributed by atoms with E-state index in [1.54, 1.807) is 12.1 Å². The molecular weight excluding hydrogens is 511 g/mol. The second kappa shape index (κ2) is 9.13. The fourth-order valence-corrected chi connectivity index (χ4v) is 6.16. The van der Waals surface area contributed by atoms with Crippen molar-refractivity contribution in [3.63, 3.8) is 0 Å². The minimum absolute atomic E-state index is 0.0210. The molecule has 2 heterocycles. The summed E-state index contributed by atoms with van der Waals surface area (Å²) >= 11 is 1.79. The van der Waals surface area contributed by atoms with Crippen LogP contribution < -0.4 is 15.4 Å². The molecule has 35 heavy (non-hydrogen) atoms. The van der Waals surface area contributed by atoms with Crippen LogP contribution in [0.3, 0.4) is 0 Å². The molecule has 176 valence electrons. The first-order valence-corrected chi connectivity index (χ1v) is 13.2. The van der Waals surface area contributed by atoms with Gasteiger partial charge in [0.15, 0.2) is 5.13 Å². The van der Waals surface area contributed by atoms with Crippen LogP contribution in [0.1, 0.15) is 5.56 Å². The number of benzene rings is 3. The van der Waals surface area contributed by atoms with E-state index in [0.717, 1.165) is 23.1 Å². The largest absolute Gasteiger partial charge is 0.352 e. The number of sulfonamides is 1. The van der Waals surface area contributed by atoms with Crippen LogP contribution in [0.2, 0.25) is 0 Å². The molecule has 3 aromatic carbocycles. The van der Waals surface area contributed by atoms with Crippen molar-refractivity contribution in [1.82, 2.24) is 10.3 Å². The SMILES string of the molecule is O=C1NC(=O)/C(=C/c2ccc(S(=O)(=O)Nc3nc4ccc(F)c(Nc5ccccc5)c4s3)cc2)S1. The summed E-state index contributed by atoms with van der Waals surface area (Å²) in [6, 6.07) is 17.6. The van der Waals surface area contributed by atoms with Crippen molar-refractivity contribution in [1.29, 1.82) is 0 Å². The van der Waals surface area contributed by atoms with E-state index in [1.807, 2.05) is 18.2 Å². The first kappa shape index (κ1) is 23.0. The van der Waals surface area contributed by atoms with Crippen molar-refractivity contribution >= 4 is 77.1 Å². The highest BCUT2D eigenvalue weighted by Gasteiger charge is 2.25. The summed E-state index contributed by atoms with van der Waals surface area (Å²) in [5.74, 6) is -0.980. The van der Waals surface area contributed by atoms with Gasteiger partial charge in [0.05, 0.1) is 25.7 Å². The van der Waals surface area contributed by atoms with E-state index in [1.165, 1.54) is 42.5 Å². The number of carbonyl (C=O) groups excluding carboxylic acids is 2. The normalized spacial score (nSPS) is 14.9. The van der Waals surface area contributed by atoms with Crippen molar-refractivity contribution in [2.24, 2.45) is 0 Å². The van der Waals surface area contributed by atoms with E-state index in [9.17, 15) is 22.4 Å². The lowest BCUT2D eigenvalue weighted by Gasteiger charge is -2.08. The Kier molecular flexibility index (Phi) is 6.01. The quantitative estimate of drug-likeness (QED) is 0.292. The van der Waals surface area contributed by atoms with Crippen molar-refractivity contribution in [2.45, 2.75) is 4.90 Å². The first-order valence-electron chi connectivity index (χ1n) is 10.1. The molecule has 12 heteroatoms. The topological polar surface area (TPSA) is 117 Å². The van der Waals surface area contributed by atoms with Crippen LogP contribution >= 0.6 is 23.1 Å². The molecule has 4 aromatic rings. The molecule has 1 aliphatic heterocycles. The number of rotatable bonds is 6. The van der Waals surface area contributed by atoms with Crippen molar-refractivity contribution < 1.29 is 22.4 Å². The van der Waals surface area contributed by atoms with Gasteiger partial charge in [0.25, 0.3) is 21.2 Å². The molecule has 2 amide bonds. The van der Waals surface area contributed by atoms with Crippen LogP contribution in [0.25, 0.3) is 16.3 Å². The van der Waals surface area contributed by atoms with Crippen molar-refractivity contribution in [2.75, 3.05) is 10.0 Å². The van der Waals surface area contributed by atoms with Crippen LogP contribution in [-0.2, 0) is 14.8 Å². The van der Waals surface area contributed by atoms with Crippen LogP contribution in [0, 0.1) is 5.82 Å². The number of anilines is 3. The van der Waals surface area contributed by atoms with Gasteiger partial charge < -0.3 is 5.32 Å². The van der Waals surface area contributed by atoms with E-state index < -0.39 is 27.0 Å². The maximum atomic E-state index is 14.6. The van der Waals surface area contributed by atoms with Gasteiger partial charge >= 0.3 is 0 Å². The lowest BCUT2D eigenvalue weighted by Crippen LogP contribution is -2.17. The number of thioether (sulfide) groups is 1. The first-order chi connectivity index (χ1) is 16.8. The molecule has 0 radical (unpaired) electrons. The van der Waals surface area contributed by atoms with Gasteiger partial charge in [-0.05, 0) is 59.8 Å². The number of nitrogens with zero attached hydrogens (tertiary/aromatic N) is 1. The third kappa shape index (κ3) is 4.90. The van der Waals surface area contributed by atoms with Crippen LogP contribution in [0.15, 0.2) is 76.5 Å². The summed E-state index contributed by atoms with van der Waals surface area (Å²) in [5.41, 5.74) is 1.89. The van der Waals surface area contributed by atoms with E-state index in [4.69, 9.17) is 0 Å². The van der Waals surface area contributed by atoms with Gasteiger partial charge in [-0.15, -0.1) is 0 Å². The Labute approximate surface area is 207 Å². The molecule has 0 unspecified atom stereocenters. The summed E-state index contributed by atoms with van der Waals surface area (Å²) in [6.45, 7) is 0. The molecule has 0 atom stereocenters. The fraction of sp³-hybridized carbons (Fsp3) is 0. The molecule has 8 nitrogen and oxygen atoms in total. The standard InChI is InChI=1S/C23H15FN4O4S3/c24-16-10-11-17-20(19(16)25-14-4-2-1-3-5-14)34-22(26-17)28-35(31,32)15-8-6-13(7-9-15)12-18-21(29)27-23(30)33-18/h1-12,25H,(H,26,28)(H,27,29,30)/b18-12-.